The lowest BCUT2D eigenvalue weighted by atomic mass is 9.88. The van der Waals surface area contributed by atoms with E-state index >= 15 is 0 Å². The summed E-state index contributed by atoms with van der Waals surface area (Å²) in [5.41, 5.74) is 3.12. The van der Waals surface area contributed by atoms with Gasteiger partial charge in [0.05, 0.1) is 18.0 Å². The van der Waals surface area contributed by atoms with Gasteiger partial charge in [-0.3, -0.25) is 0 Å². The number of likely N-dealkylation sites (N-methyl/N-ethyl adjacent to an activating group) is 1. The Kier molecular flexibility index (Phi) is 3.39. The third-order valence-corrected chi connectivity index (χ3v) is 4.93. The highest BCUT2D eigenvalue weighted by molar-refractivity contribution is 5.87. The van der Waals surface area contributed by atoms with Gasteiger partial charge in [-0.2, -0.15) is 5.26 Å². The van der Waals surface area contributed by atoms with Gasteiger partial charge in [0.1, 0.15) is 5.75 Å². The Bertz CT molecular complexity index is 952. The van der Waals surface area contributed by atoms with Crippen molar-refractivity contribution < 1.29 is 5.11 Å². The minimum atomic E-state index is -0.244. The topological polar surface area (TPSA) is 47.3 Å². The van der Waals surface area contributed by atoms with E-state index < -0.39 is 0 Å². The van der Waals surface area contributed by atoms with Gasteiger partial charge in [0.2, 0.25) is 0 Å². The monoisotopic (exact) mass is 314 g/mol. The molecule has 0 amide bonds. The lowest BCUT2D eigenvalue weighted by molar-refractivity contribution is 0.475. The summed E-state index contributed by atoms with van der Waals surface area (Å²) in [7, 11) is 0. The van der Waals surface area contributed by atoms with Crippen molar-refractivity contribution in [2.75, 3.05) is 11.4 Å². The van der Waals surface area contributed by atoms with Crippen molar-refractivity contribution in [1.29, 1.82) is 5.26 Å². The molecule has 0 spiro atoms. The van der Waals surface area contributed by atoms with Crippen LogP contribution in [0.5, 0.6) is 5.75 Å². The zero-order valence-corrected chi connectivity index (χ0v) is 13.5. The maximum Gasteiger partial charge on any atom is 0.117 e. The molecule has 1 N–H and O–H groups in total. The predicted molar refractivity (Wildman–Crippen MR) is 96.2 cm³/mol. The standard InChI is InChI=1S/C21H18N2O/c1-2-23-20-12-15(24)10-11-17(20)19(13-22)21(23)18-9-5-7-14-6-3-4-8-16(14)18/h3-12,19,21,24H,2H2,1H3. The van der Waals surface area contributed by atoms with E-state index in [2.05, 4.69) is 48.2 Å². The molecule has 1 aliphatic rings. The fourth-order valence-electron chi connectivity index (χ4n) is 3.91. The molecule has 3 aromatic rings. The van der Waals surface area contributed by atoms with Gasteiger partial charge in [-0.25, -0.2) is 0 Å². The summed E-state index contributed by atoms with van der Waals surface area (Å²) in [6.45, 7) is 2.87. The molecule has 0 fully saturated rings. The third-order valence-electron chi connectivity index (χ3n) is 4.93. The Morgan fingerprint density at radius 2 is 1.83 bits per heavy atom. The second kappa shape index (κ2) is 5.58. The summed E-state index contributed by atoms with van der Waals surface area (Å²) in [4.78, 5) is 2.23. The Morgan fingerprint density at radius 1 is 1.04 bits per heavy atom. The molecule has 3 nitrogen and oxygen atoms in total. The Labute approximate surface area is 141 Å². The van der Waals surface area contributed by atoms with Crippen molar-refractivity contribution in [2.45, 2.75) is 18.9 Å². The number of fused-ring (bicyclic) bond motifs is 2. The van der Waals surface area contributed by atoms with E-state index in [-0.39, 0.29) is 17.7 Å². The Morgan fingerprint density at radius 3 is 2.62 bits per heavy atom. The number of phenolic OH excluding ortho intramolecular Hbond substituents is 1. The van der Waals surface area contributed by atoms with E-state index in [0.717, 1.165) is 23.4 Å². The van der Waals surface area contributed by atoms with Crippen LogP contribution in [0.15, 0.2) is 60.7 Å². The van der Waals surface area contributed by atoms with Crippen LogP contribution >= 0.6 is 0 Å². The zero-order valence-electron chi connectivity index (χ0n) is 13.5. The van der Waals surface area contributed by atoms with Crippen LogP contribution in [0.2, 0.25) is 0 Å². The average molecular weight is 314 g/mol. The molecule has 1 aliphatic heterocycles. The second-order valence-electron chi connectivity index (χ2n) is 6.15. The van der Waals surface area contributed by atoms with Crippen molar-refractivity contribution in [1.82, 2.24) is 0 Å². The van der Waals surface area contributed by atoms with Crippen LogP contribution < -0.4 is 4.90 Å². The summed E-state index contributed by atoms with van der Waals surface area (Å²) in [6.07, 6.45) is 0. The summed E-state index contributed by atoms with van der Waals surface area (Å²) in [5.74, 6) is -0.00573. The molecule has 3 heteroatoms. The lowest BCUT2D eigenvalue weighted by Gasteiger charge is -2.28. The average Bonchev–Trinajstić information content (AvgIpc) is 2.93. The molecule has 0 saturated carbocycles. The number of hydrogen-bond acceptors (Lipinski definition) is 3. The predicted octanol–water partition coefficient (Wildman–Crippen LogP) is 4.73. The van der Waals surface area contributed by atoms with Gasteiger partial charge in [-0.1, -0.05) is 48.5 Å². The number of rotatable bonds is 2. The van der Waals surface area contributed by atoms with E-state index in [1.54, 1.807) is 12.1 Å². The maximum atomic E-state index is 9.89. The number of benzene rings is 3. The SMILES string of the molecule is CCN1c2cc(O)ccc2C(C#N)C1c1cccc2ccccc12. The van der Waals surface area contributed by atoms with Crippen LogP contribution in [0, 0.1) is 11.3 Å². The van der Waals surface area contributed by atoms with Crippen molar-refractivity contribution in [3.05, 3.63) is 71.8 Å². The third kappa shape index (κ3) is 2.04. The number of nitrogens with zero attached hydrogens (tertiary/aromatic N) is 2. The molecule has 3 aromatic carbocycles. The fraction of sp³-hybridized carbons (Fsp3) is 0.190. The van der Waals surface area contributed by atoms with Gasteiger partial charge in [-0.05, 0) is 34.9 Å². The van der Waals surface area contributed by atoms with Crippen molar-refractivity contribution in [3.8, 4) is 11.8 Å². The Hall–Kier alpha value is -2.99. The number of aromatic hydroxyl groups is 1. The summed E-state index contributed by atoms with van der Waals surface area (Å²) >= 11 is 0. The molecule has 1 heterocycles. The van der Waals surface area contributed by atoms with E-state index in [9.17, 15) is 10.4 Å². The van der Waals surface area contributed by atoms with Crippen LogP contribution in [-0.2, 0) is 0 Å². The normalized spacial score (nSPS) is 19.2. The summed E-state index contributed by atoms with van der Waals surface area (Å²) in [6, 6.07) is 22.3. The van der Waals surface area contributed by atoms with Gasteiger partial charge in [-0.15, -0.1) is 0 Å². The minimum absolute atomic E-state index is 0.0390. The van der Waals surface area contributed by atoms with E-state index in [4.69, 9.17) is 0 Å². The first-order valence-electron chi connectivity index (χ1n) is 8.21. The lowest BCUT2D eigenvalue weighted by Crippen LogP contribution is -2.26. The van der Waals surface area contributed by atoms with Crippen molar-refractivity contribution in [2.24, 2.45) is 0 Å². The second-order valence-corrected chi connectivity index (χ2v) is 6.15. The summed E-state index contributed by atoms with van der Waals surface area (Å²) < 4.78 is 0. The highest BCUT2D eigenvalue weighted by atomic mass is 16.3. The van der Waals surface area contributed by atoms with Crippen LogP contribution in [0.4, 0.5) is 5.69 Å². The number of nitriles is 1. The first-order valence-corrected chi connectivity index (χ1v) is 8.21. The fourth-order valence-corrected chi connectivity index (χ4v) is 3.91. The highest BCUT2D eigenvalue weighted by Crippen LogP contribution is 2.50. The Balaban J connectivity index is 1.95. The highest BCUT2D eigenvalue weighted by Gasteiger charge is 2.39. The molecule has 0 saturated heterocycles. The molecular weight excluding hydrogens is 296 g/mol. The van der Waals surface area contributed by atoms with E-state index in [1.165, 1.54) is 10.8 Å². The molecule has 4 rings (SSSR count). The molecule has 24 heavy (non-hydrogen) atoms. The van der Waals surface area contributed by atoms with Gasteiger partial charge >= 0.3 is 0 Å². The molecule has 0 radical (unpaired) electrons. The van der Waals surface area contributed by atoms with E-state index in [0.29, 0.717) is 0 Å². The minimum Gasteiger partial charge on any atom is -0.508 e. The quantitative estimate of drug-likeness (QED) is 0.743. The summed E-state index contributed by atoms with van der Waals surface area (Å²) in [5, 5.41) is 22.1. The first kappa shape index (κ1) is 14.6. The van der Waals surface area contributed by atoms with Crippen molar-refractivity contribution >= 4 is 16.5 Å². The van der Waals surface area contributed by atoms with Crippen LogP contribution in [0.3, 0.4) is 0 Å². The largest absolute Gasteiger partial charge is 0.508 e. The van der Waals surface area contributed by atoms with Crippen LogP contribution in [0.1, 0.15) is 30.0 Å². The smallest absolute Gasteiger partial charge is 0.117 e. The number of phenols is 1. The van der Waals surface area contributed by atoms with Gasteiger partial charge in [0.25, 0.3) is 0 Å². The molecule has 0 aliphatic carbocycles. The molecule has 118 valence electrons. The molecular formula is C21H18N2O. The van der Waals surface area contributed by atoms with E-state index in [1.807, 2.05) is 18.2 Å². The molecule has 2 unspecified atom stereocenters. The number of anilines is 1. The van der Waals surface area contributed by atoms with Crippen molar-refractivity contribution in [3.63, 3.8) is 0 Å². The maximum absolute atomic E-state index is 9.89. The van der Waals surface area contributed by atoms with Gasteiger partial charge in [0.15, 0.2) is 0 Å². The van der Waals surface area contributed by atoms with Gasteiger partial charge in [0, 0.05) is 18.3 Å². The van der Waals surface area contributed by atoms with Crippen LogP contribution in [0.25, 0.3) is 10.8 Å². The number of hydrogen-bond donors (Lipinski definition) is 1. The zero-order chi connectivity index (χ0) is 16.7. The molecule has 0 aromatic heterocycles. The van der Waals surface area contributed by atoms with Crippen LogP contribution in [-0.4, -0.2) is 11.7 Å². The molecule has 0 bridgehead atoms. The molecule has 2 atom stereocenters. The first-order chi connectivity index (χ1) is 11.7. The van der Waals surface area contributed by atoms with Gasteiger partial charge < -0.3 is 10.0 Å².